The predicted octanol–water partition coefficient (Wildman–Crippen LogP) is 4.04. The molecule has 2 atom stereocenters. The molecule has 118 valence electrons. The van der Waals surface area contributed by atoms with Crippen LogP contribution in [0.4, 0.5) is 0 Å². The number of benzene rings is 1. The second-order valence-electron chi connectivity index (χ2n) is 8.72. The molecule has 2 heteroatoms. The van der Waals surface area contributed by atoms with Crippen molar-refractivity contribution in [2.75, 3.05) is 13.1 Å². The van der Waals surface area contributed by atoms with Gasteiger partial charge in [-0.1, -0.05) is 51.1 Å². The van der Waals surface area contributed by atoms with Crippen LogP contribution in [0.15, 0.2) is 30.3 Å². The minimum absolute atomic E-state index is 0.0761. The summed E-state index contributed by atoms with van der Waals surface area (Å²) in [7, 11) is 0. The Morgan fingerprint density at radius 2 is 1.62 bits per heavy atom. The molecule has 1 aromatic rings. The third-order valence-corrected chi connectivity index (χ3v) is 4.96. The maximum atomic E-state index is 11.4. The first-order chi connectivity index (χ1) is 9.52. The summed E-state index contributed by atoms with van der Waals surface area (Å²) in [5.41, 5.74) is 0.581. The van der Waals surface area contributed by atoms with Crippen LogP contribution in [-0.4, -0.2) is 28.6 Å². The number of likely N-dealkylation sites (tertiary alicyclic amines) is 1. The van der Waals surface area contributed by atoms with E-state index in [1.54, 1.807) is 0 Å². The van der Waals surface area contributed by atoms with Crippen molar-refractivity contribution in [1.82, 2.24) is 4.90 Å². The van der Waals surface area contributed by atoms with Gasteiger partial charge >= 0.3 is 0 Å². The topological polar surface area (TPSA) is 23.5 Å². The van der Waals surface area contributed by atoms with E-state index in [1.807, 2.05) is 18.2 Å². The number of aliphatic hydroxyl groups is 1. The van der Waals surface area contributed by atoms with Crippen molar-refractivity contribution in [2.45, 2.75) is 59.1 Å². The highest BCUT2D eigenvalue weighted by Crippen LogP contribution is 2.43. The van der Waals surface area contributed by atoms with Gasteiger partial charge in [-0.15, -0.1) is 0 Å². The summed E-state index contributed by atoms with van der Waals surface area (Å²) in [5, 5.41) is 11.4. The molecular weight excluding hydrogens is 258 g/mol. The van der Waals surface area contributed by atoms with Gasteiger partial charge < -0.3 is 5.11 Å². The highest BCUT2D eigenvalue weighted by atomic mass is 16.3. The highest BCUT2D eigenvalue weighted by Gasteiger charge is 2.45. The van der Waals surface area contributed by atoms with Crippen molar-refractivity contribution in [3.8, 4) is 0 Å². The van der Waals surface area contributed by atoms with Crippen molar-refractivity contribution in [2.24, 2.45) is 11.3 Å². The van der Waals surface area contributed by atoms with Crippen molar-refractivity contribution >= 4 is 0 Å². The van der Waals surface area contributed by atoms with Crippen LogP contribution in [0.25, 0.3) is 0 Å². The Hall–Kier alpha value is -0.860. The summed E-state index contributed by atoms with van der Waals surface area (Å²) in [6.07, 6.45) is 0.840. The molecule has 0 amide bonds. The molecule has 1 saturated heterocycles. The van der Waals surface area contributed by atoms with Gasteiger partial charge in [0.1, 0.15) is 5.60 Å². The minimum atomic E-state index is -0.745. The number of hydrogen-bond acceptors (Lipinski definition) is 2. The number of β-amino-alcohol motifs (C(OH)–C–C–N with tert-alkyl or cyclic N) is 1. The smallest absolute Gasteiger partial charge is 0.103 e. The average molecular weight is 289 g/mol. The van der Waals surface area contributed by atoms with E-state index in [1.165, 1.54) is 0 Å². The third kappa shape index (κ3) is 3.67. The van der Waals surface area contributed by atoms with Gasteiger partial charge in [-0.05, 0) is 44.1 Å². The fourth-order valence-corrected chi connectivity index (χ4v) is 3.23. The van der Waals surface area contributed by atoms with E-state index in [0.717, 1.165) is 18.5 Å². The van der Waals surface area contributed by atoms with Crippen molar-refractivity contribution in [1.29, 1.82) is 0 Å². The summed E-state index contributed by atoms with van der Waals surface area (Å²) < 4.78 is 0. The Labute approximate surface area is 130 Å². The lowest BCUT2D eigenvalue weighted by Crippen LogP contribution is -2.58. The number of piperidine rings is 1. The summed E-state index contributed by atoms with van der Waals surface area (Å²) in [4.78, 5) is 2.44. The first-order valence-corrected chi connectivity index (χ1v) is 8.05. The van der Waals surface area contributed by atoms with Gasteiger partial charge in [0.2, 0.25) is 0 Å². The van der Waals surface area contributed by atoms with E-state index in [2.05, 4.69) is 58.6 Å². The quantitative estimate of drug-likeness (QED) is 0.843. The molecule has 1 heterocycles. The lowest BCUT2D eigenvalue weighted by molar-refractivity contribution is -0.103. The summed E-state index contributed by atoms with van der Waals surface area (Å²) >= 11 is 0. The Morgan fingerprint density at radius 1 is 1.05 bits per heavy atom. The van der Waals surface area contributed by atoms with Crippen LogP contribution in [-0.2, 0) is 5.60 Å². The fourth-order valence-electron chi connectivity index (χ4n) is 3.23. The zero-order valence-corrected chi connectivity index (χ0v) is 14.5. The van der Waals surface area contributed by atoms with E-state index in [9.17, 15) is 5.11 Å². The zero-order chi connectivity index (χ0) is 15.9. The van der Waals surface area contributed by atoms with Crippen molar-refractivity contribution in [3.05, 3.63) is 35.9 Å². The molecule has 0 saturated carbocycles. The van der Waals surface area contributed by atoms with Gasteiger partial charge in [-0.2, -0.15) is 0 Å². The molecule has 0 unspecified atom stereocenters. The van der Waals surface area contributed by atoms with Crippen LogP contribution >= 0.6 is 0 Å². The largest absolute Gasteiger partial charge is 0.384 e. The Balaban J connectivity index is 2.37. The van der Waals surface area contributed by atoms with Crippen LogP contribution in [0.3, 0.4) is 0 Å². The fraction of sp³-hybridized carbons (Fsp3) is 0.684. The van der Waals surface area contributed by atoms with E-state index >= 15 is 0 Å². The Bertz CT molecular complexity index is 445. The molecule has 1 aliphatic rings. The van der Waals surface area contributed by atoms with E-state index in [4.69, 9.17) is 0 Å². The van der Waals surface area contributed by atoms with Crippen LogP contribution < -0.4 is 0 Å². The molecule has 1 aromatic carbocycles. The minimum Gasteiger partial charge on any atom is -0.384 e. The maximum absolute atomic E-state index is 11.4. The summed E-state index contributed by atoms with van der Waals surface area (Å²) in [6, 6.07) is 10.2. The van der Waals surface area contributed by atoms with E-state index < -0.39 is 5.60 Å². The number of nitrogens with zero attached hydrogens (tertiary/aromatic N) is 1. The standard InChI is InChI=1S/C19H31NO/c1-17(2,3)16-12-19(21,15-10-8-7-9-11-15)14-20(13-16)18(4,5)6/h7-11,16,21H,12-14H2,1-6H3/t16-,19+/m0/s1. The Morgan fingerprint density at radius 3 is 2.10 bits per heavy atom. The summed E-state index contributed by atoms with van der Waals surface area (Å²) in [6.45, 7) is 15.4. The molecule has 0 spiro atoms. The van der Waals surface area contributed by atoms with Crippen LogP contribution in [0.1, 0.15) is 53.5 Å². The highest BCUT2D eigenvalue weighted by molar-refractivity contribution is 5.24. The Kier molecular flexibility index (Phi) is 4.25. The normalized spacial score (nSPS) is 28.6. The molecule has 0 aliphatic carbocycles. The maximum Gasteiger partial charge on any atom is 0.103 e. The van der Waals surface area contributed by atoms with Gasteiger partial charge in [-0.25, -0.2) is 0 Å². The number of hydrogen-bond donors (Lipinski definition) is 1. The van der Waals surface area contributed by atoms with Gasteiger partial charge in [-0.3, -0.25) is 4.90 Å². The molecule has 0 aromatic heterocycles. The lowest BCUT2D eigenvalue weighted by Gasteiger charge is -2.52. The van der Waals surface area contributed by atoms with Crippen LogP contribution in [0, 0.1) is 11.3 Å². The molecule has 1 aliphatic heterocycles. The average Bonchev–Trinajstić information content (AvgIpc) is 2.37. The zero-order valence-electron chi connectivity index (χ0n) is 14.5. The molecule has 0 bridgehead atoms. The molecular formula is C19H31NO. The second kappa shape index (κ2) is 5.40. The van der Waals surface area contributed by atoms with Crippen molar-refractivity contribution in [3.63, 3.8) is 0 Å². The SMILES string of the molecule is CC(C)(C)[C@@H]1CN(C(C)(C)C)C[C@@](O)(c2ccccc2)C1. The predicted molar refractivity (Wildman–Crippen MR) is 89.2 cm³/mol. The monoisotopic (exact) mass is 289 g/mol. The number of rotatable bonds is 1. The first kappa shape index (κ1) is 16.5. The van der Waals surface area contributed by atoms with Crippen molar-refractivity contribution < 1.29 is 5.11 Å². The van der Waals surface area contributed by atoms with Gasteiger partial charge in [0, 0.05) is 18.6 Å². The molecule has 2 rings (SSSR count). The van der Waals surface area contributed by atoms with E-state index in [0.29, 0.717) is 12.5 Å². The molecule has 21 heavy (non-hydrogen) atoms. The summed E-state index contributed by atoms with van der Waals surface area (Å²) in [5.74, 6) is 0.482. The van der Waals surface area contributed by atoms with Crippen LogP contribution in [0.5, 0.6) is 0 Å². The molecule has 2 nitrogen and oxygen atoms in total. The van der Waals surface area contributed by atoms with Crippen LogP contribution in [0.2, 0.25) is 0 Å². The van der Waals surface area contributed by atoms with E-state index in [-0.39, 0.29) is 11.0 Å². The second-order valence-corrected chi connectivity index (χ2v) is 8.72. The van der Waals surface area contributed by atoms with Gasteiger partial charge in [0.05, 0.1) is 0 Å². The van der Waals surface area contributed by atoms with Gasteiger partial charge in [0.25, 0.3) is 0 Å². The molecule has 0 radical (unpaired) electrons. The molecule has 1 fully saturated rings. The first-order valence-electron chi connectivity index (χ1n) is 8.05. The third-order valence-electron chi connectivity index (χ3n) is 4.96. The lowest BCUT2D eigenvalue weighted by atomic mass is 9.69. The molecule has 1 N–H and O–H groups in total. The van der Waals surface area contributed by atoms with Gasteiger partial charge in [0.15, 0.2) is 0 Å².